The van der Waals surface area contributed by atoms with Crippen LogP contribution in [0.5, 0.6) is 0 Å². The van der Waals surface area contributed by atoms with E-state index < -0.39 is 32.9 Å². The van der Waals surface area contributed by atoms with Gasteiger partial charge in [-0.05, 0) is 49.4 Å². The van der Waals surface area contributed by atoms with Crippen LogP contribution in [0.15, 0.2) is 50.5 Å². The summed E-state index contributed by atoms with van der Waals surface area (Å²) in [7, 11) is -2.09. The maximum Gasteiger partial charge on any atom is 0.332 e. The Kier molecular flexibility index (Phi) is 5.57. The van der Waals surface area contributed by atoms with E-state index in [0.717, 1.165) is 45.4 Å². The molecule has 0 saturated heterocycles. The Morgan fingerprint density at radius 2 is 1.95 bits per heavy atom. The summed E-state index contributed by atoms with van der Waals surface area (Å²) in [5.74, 6) is 0. The Bertz CT molecular complexity index is 1770. The molecule has 1 aromatic carbocycles. The molecule has 1 aliphatic carbocycles. The number of thiophene rings is 1. The van der Waals surface area contributed by atoms with Crippen molar-refractivity contribution in [3.05, 3.63) is 79.8 Å². The molecule has 6 rings (SSSR count). The van der Waals surface area contributed by atoms with Gasteiger partial charge in [0.1, 0.15) is 9.04 Å². The number of benzene rings is 1. The summed E-state index contributed by atoms with van der Waals surface area (Å²) in [5.41, 5.74) is 2.26. The predicted octanol–water partition coefficient (Wildman–Crippen LogP) is 2.48. The van der Waals surface area contributed by atoms with E-state index >= 15 is 0 Å². The second-order valence-electron chi connectivity index (χ2n) is 10.2. The van der Waals surface area contributed by atoms with Crippen molar-refractivity contribution in [3.63, 3.8) is 0 Å². The van der Waals surface area contributed by atoms with Gasteiger partial charge in [0.25, 0.3) is 15.6 Å². The predicted molar refractivity (Wildman–Crippen MR) is 139 cm³/mol. The van der Waals surface area contributed by atoms with Gasteiger partial charge in [0.15, 0.2) is 0 Å². The molecule has 1 unspecified atom stereocenters. The lowest BCUT2D eigenvalue weighted by molar-refractivity contribution is 0.134. The third-order valence-electron chi connectivity index (χ3n) is 7.18. The maximum atomic E-state index is 13.9. The molecule has 4 heterocycles. The molecule has 1 N–H and O–H groups in total. The Morgan fingerprint density at radius 1 is 1.19 bits per heavy atom. The van der Waals surface area contributed by atoms with E-state index in [1.54, 1.807) is 24.1 Å². The van der Waals surface area contributed by atoms with Crippen molar-refractivity contribution in [1.29, 1.82) is 0 Å². The Morgan fingerprint density at radius 3 is 2.65 bits per heavy atom. The molecular formula is C25H27N5O5S2. The second-order valence-corrected chi connectivity index (χ2v) is 13.2. The lowest BCUT2D eigenvalue weighted by atomic mass is 10.0. The number of ether oxygens (including phenoxy) is 1. The lowest BCUT2D eigenvalue weighted by Crippen LogP contribution is -2.41. The van der Waals surface area contributed by atoms with Gasteiger partial charge < -0.3 is 4.74 Å². The smallest absolute Gasteiger partial charge is 0.332 e. The van der Waals surface area contributed by atoms with Crippen LogP contribution in [0.3, 0.4) is 0 Å². The summed E-state index contributed by atoms with van der Waals surface area (Å²) < 4.78 is 39.0. The molecule has 3 aromatic heterocycles. The molecule has 4 aromatic rings. The van der Waals surface area contributed by atoms with Crippen molar-refractivity contribution < 1.29 is 13.2 Å². The topological polar surface area (TPSA) is 117 Å². The van der Waals surface area contributed by atoms with Gasteiger partial charge in [-0.1, -0.05) is 18.2 Å². The first-order valence-electron chi connectivity index (χ1n) is 12.0. The van der Waals surface area contributed by atoms with Crippen LogP contribution in [0.2, 0.25) is 0 Å². The Labute approximate surface area is 217 Å². The highest BCUT2D eigenvalue weighted by atomic mass is 32.2. The number of aryl methyl sites for hydroxylation is 1. The Balaban J connectivity index is 1.55. The molecular weight excluding hydrogens is 514 g/mol. The number of hydrogen-bond donors (Lipinski definition) is 1. The van der Waals surface area contributed by atoms with Crippen LogP contribution < -0.4 is 16.0 Å². The van der Waals surface area contributed by atoms with Crippen LogP contribution in [0.25, 0.3) is 10.2 Å². The van der Waals surface area contributed by atoms with Gasteiger partial charge in [-0.15, -0.1) is 11.3 Å². The third kappa shape index (κ3) is 4.27. The van der Waals surface area contributed by atoms with Crippen LogP contribution in [-0.2, 0) is 41.6 Å². The molecule has 1 saturated carbocycles. The van der Waals surface area contributed by atoms with E-state index in [-0.39, 0.29) is 16.1 Å². The highest BCUT2D eigenvalue weighted by molar-refractivity contribution is 7.91. The van der Waals surface area contributed by atoms with E-state index in [1.807, 2.05) is 32.0 Å². The number of aromatic nitrogens is 4. The van der Waals surface area contributed by atoms with Gasteiger partial charge in [0, 0.05) is 24.3 Å². The summed E-state index contributed by atoms with van der Waals surface area (Å²) in [5, 5.41) is 4.34. The van der Waals surface area contributed by atoms with Crippen molar-refractivity contribution in [2.45, 2.75) is 62.2 Å². The zero-order chi connectivity index (χ0) is 26.1. The molecule has 37 heavy (non-hydrogen) atoms. The van der Waals surface area contributed by atoms with E-state index in [4.69, 9.17) is 4.74 Å². The standard InChI is InChI=1S/C25H27N5O5S2/c1-15(17-4-5-18-13-35-14-19(18)8-17)30-23-20(9-21(36-23)37(33,34)27-25(2)6-7-25)22(31)29(24(30)32)12-16-10-26-28(3)11-16/h4-5,8-11,15,27H,6-7,12-14H2,1-3H3. The van der Waals surface area contributed by atoms with E-state index in [9.17, 15) is 18.0 Å². The third-order valence-corrected chi connectivity index (χ3v) is 10.4. The van der Waals surface area contributed by atoms with Crippen LogP contribution in [-0.4, -0.2) is 32.9 Å². The minimum absolute atomic E-state index is 0.0227. The molecule has 1 atom stereocenters. The maximum absolute atomic E-state index is 13.9. The minimum atomic E-state index is -3.86. The van der Waals surface area contributed by atoms with E-state index in [2.05, 4.69) is 9.82 Å². The van der Waals surface area contributed by atoms with Crippen LogP contribution >= 0.6 is 11.3 Å². The first-order chi connectivity index (χ1) is 17.5. The summed E-state index contributed by atoms with van der Waals surface area (Å²) in [6, 6.07) is 6.91. The summed E-state index contributed by atoms with van der Waals surface area (Å²) in [4.78, 5) is 27.8. The van der Waals surface area contributed by atoms with Crippen LogP contribution in [0, 0.1) is 0 Å². The molecule has 1 fully saturated rings. The fraction of sp³-hybridized carbons (Fsp3) is 0.400. The fourth-order valence-electron chi connectivity index (χ4n) is 4.76. The SMILES string of the molecule is CC(c1ccc2c(c1)COC2)n1c(=O)n(Cc2cnn(C)c2)c(=O)c2cc(S(=O)(=O)NC3(C)CC3)sc21. The number of nitrogens with zero attached hydrogens (tertiary/aromatic N) is 4. The van der Waals surface area contributed by atoms with Crippen LogP contribution in [0.4, 0.5) is 0 Å². The monoisotopic (exact) mass is 541 g/mol. The number of sulfonamides is 1. The molecule has 0 bridgehead atoms. The molecule has 194 valence electrons. The summed E-state index contributed by atoms with van der Waals surface area (Å²) in [6.45, 7) is 4.83. The largest absolute Gasteiger partial charge is 0.372 e. The molecule has 2 aliphatic rings. The highest BCUT2D eigenvalue weighted by Crippen LogP contribution is 2.38. The van der Waals surface area contributed by atoms with E-state index in [1.165, 1.54) is 10.6 Å². The average molecular weight is 542 g/mol. The quantitative estimate of drug-likeness (QED) is 0.384. The Hall–Kier alpha value is -3.06. The first kappa shape index (κ1) is 24.3. The second kappa shape index (κ2) is 8.48. The number of fused-ring (bicyclic) bond motifs is 2. The van der Waals surface area contributed by atoms with Gasteiger partial charge >= 0.3 is 5.69 Å². The zero-order valence-corrected chi connectivity index (χ0v) is 22.4. The number of hydrogen-bond acceptors (Lipinski definition) is 7. The van der Waals surface area contributed by atoms with Crippen molar-refractivity contribution in [1.82, 2.24) is 23.6 Å². The number of rotatable bonds is 7. The highest BCUT2D eigenvalue weighted by Gasteiger charge is 2.42. The van der Waals surface area contributed by atoms with Gasteiger partial charge in [0.05, 0.1) is 37.4 Å². The van der Waals surface area contributed by atoms with E-state index in [0.29, 0.717) is 23.6 Å². The lowest BCUT2D eigenvalue weighted by Gasteiger charge is -2.19. The molecule has 10 nitrogen and oxygen atoms in total. The average Bonchev–Trinajstić information content (AvgIpc) is 3.26. The fourth-order valence-corrected chi connectivity index (χ4v) is 7.74. The summed E-state index contributed by atoms with van der Waals surface area (Å²) in [6.07, 6.45) is 4.87. The van der Waals surface area contributed by atoms with Gasteiger partial charge in [-0.2, -0.15) is 5.10 Å². The normalized spacial score (nSPS) is 17.3. The number of nitrogens with one attached hydrogen (secondary N) is 1. The van der Waals surface area contributed by atoms with Crippen molar-refractivity contribution in [3.8, 4) is 0 Å². The van der Waals surface area contributed by atoms with Gasteiger partial charge in [-0.3, -0.25) is 18.6 Å². The van der Waals surface area contributed by atoms with Crippen LogP contribution in [0.1, 0.15) is 55.0 Å². The van der Waals surface area contributed by atoms with Gasteiger partial charge in [0.2, 0.25) is 0 Å². The molecule has 0 amide bonds. The molecule has 1 aliphatic heterocycles. The molecule has 0 spiro atoms. The zero-order valence-electron chi connectivity index (χ0n) is 20.7. The molecule has 12 heteroatoms. The molecule has 0 radical (unpaired) electrons. The van der Waals surface area contributed by atoms with Crippen molar-refractivity contribution in [2.75, 3.05) is 0 Å². The van der Waals surface area contributed by atoms with Crippen molar-refractivity contribution in [2.24, 2.45) is 7.05 Å². The van der Waals surface area contributed by atoms with Crippen molar-refractivity contribution >= 4 is 31.6 Å². The summed E-state index contributed by atoms with van der Waals surface area (Å²) >= 11 is 0.953. The minimum Gasteiger partial charge on any atom is -0.372 e. The first-order valence-corrected chi connectivity index (χ1v) is 14.3. The van der Waals surface area contributed by atoms with Gasteiger partial charge in [-0.25, -0.2) is 17.9 Å².